The van der Waals surface area contributed by atoms with Crippen molar-refractivity contribution in [1.82, 2.24) is 0 Å². The molecule has 0 heteroatoms. The summed E-state index contributed by atoms with van der Waals surface area (Å²) in [5.74, 6) is 0.513. The lowest BCUT2D eigenvalue weighted by Crippen LogP contribution is -1.92. The third-order valence-corrected chi connectivity index (χ3v) is 3.35. The third kappa shape index (κ3) is 2.24. The van der Waals surface area contributed by atoms with Crippen LogP contribution in [0.2, 0.25) is 0 Å². The number of fused-ring (bicyclic) bond motifs is 1. The number of rotatable bonds is 1. The summed E-state index contributed by atoms with van der Waals surface area (Å²) >= 11 is 0. The molecule has 0 aliphatic heterocycles. The molecule has 0 heterocycles. The first-order valence-corrected chi connectivity index (χ1v) is 6.72. The first-order chi connectivity index (χ1) is 8.86. The maximum Gasteiger partial charge on any atom is 0.00730 e. The van der Waals surface area contributed by atoms with Gasteiger partial charge in [-0.2, -0.15) is 0 Å². The van der Waals surface area contributed by atoms with Crippen LogP contribution in [-0.2, 0) is 0 Å². The second-order valence-electron chi connectivity index (χ2n) is 4.32. The van der Waals surface area contributed by atoms with Crippen LogP contribution in [0.15, 0.2) is 54.6 Å². The highest BCUT2D eigenvalue weighted by Gasteiger charge is 2.21. The molecule has 3 rings (SSSR count). The number of hydrogen-bond donors (Lipinski definition) is 0. The Hall–Kier alpha value is -1.82. The minimum absolute atomic E-state index is 0.513. The van der Waals surface area contributed by atoms with Crippen LogP contribution in [0.25, 0.3) is 11.6 Å². The molecular weight excluding hydrogens is 216 g/mol. The molecule has 2 aromatic rings. The van der Waals surface area contributed by atoms with E-state index < -0.39 is 0 Å². The first-order valence-electron chi connectivity index (χ1n) is 6.72. The molecule has 0 N–H and O–H groups in total. The SMILES string of the molecule is CC.CC1C(c2ccccc2)=Cc2ccccc21. The van der Waals surface area contributed by atoms with E-state index in [4.69, 9.17) is 0 Å². The van der Waals surface area contributed by atoms with Gasteiger partial charge in [0.15, 0.2) is 0 Å². The lowest BCUT2D eigenvalue weighted by atomic mass is 9.93. The maximum atomic E-state index is 2.31. The fourth-order valence-corrected chi connectivity index (χ4v) is 2.46. The third-order valence-electron chi connectivity index (χ3n) is 3.35. The van der Waals surface area contributed by atoms with Crippen LogP contribution >= 0.6 is 0 Å². The van der Waals surface area contributed by atoms with E-state index in [9.17, 15) is 0 Å². The molecule has 92 valence electrons. The Morgan fingerprint density at radius 1 is 0.778 bits per heavy atom. The molecule has 0 amide bonds. The van der Waals surface area contributed by atoms with Crippen LogP contribution in [0.4, 0.5) is 0 Å². The van der Waals surface area contributed by atoms with Crippen molar-refractivity contribution in [2.45, 2.75) is 26.7 Å². The molecule has 1 unspecified atom stereocenters. The highest BCUT2D eigenvalue weighted by molar-refractivity contribution is 5.91. The van der Waals surface area contributed by atoms with Gasteiger partial charge in [0.25, 0.3) is 0 Å². The average molecular weight is 236 g/mol. The van der Waals surface area contributed by atoms with Gasteiger partial charge in [-0.3, -0.25) is 0 Å². The summed E-state index contributed by atoms with van der Waals surface area (Å²) in [6, 6.07) is 19.3. The van der Waals surface area contributed by atoms with E-state index in [0.717, 1.165) is 0 Å². The summed E-state index contributed by atoms with van der Waals surface area (Å²) < 4.78 is 0. The van der Waals surface area contributed by atoms with Crippen molar-refractivity contribution < 1.29 is 0 Å². The fraction of sp³-hybridized carbons (Fsp3) is 0.222. The summed E-state index contributed by atoms with van der Waals surface area (Å²) in [6.07, 6.45) is 2.31. The topological polar surface area (TPSA) is 0 Å². The lowest BCUT2D eigenvalue weighted by molar-refractivity contribution is 1.01. The van der Waals surface area contributed by atoms with Gasteiger partial charge in [0.1, 0.15) is 0 Å². The van der Waals surface area contributed by atoms with E-state index >= 15 is 0 Å². The summed E-state index contributed by atoms with van der Waals surface area (Å²) in [5, 5.41) is 0. The predicted molar refractivity (Wildman–Crippen MR) is 80.5 cm³/mol. The van der Waals surface area contributed by atoms with Crippen LogP contribution in [0, 0.1) is 0 Å². The Morgan fingerprint density at radius 3 is 2.06 bits per heavy atom. The largest absolute Gasteiger partial charge is 0.0683 e. The molecule has 1 aliphatic rings. The van der Waals surface area contributed by atoms with Gasteiger partial charge in [-0.05, 0) is 22.3 Å². The Balaban J connectivity index is 0.000000574. The van der Waals surface area contributed by atoms with Gasteiger partial charge in [-0.25, -0.2) is 0 Å². The van der Waals surface area contributed by atoms with Crippen LogP contribution in [0.5, 0.6) is 0 Å². The Morgan fingerprint density at radius 2 is 1.39 bits per heavy atom. The van der Waals surface area contributed by atoms with E-state index in [0.29, 0.717) is 5.92 Å². The first kappa shape index (κ1) is 12.6. The highest BCUT2D eigenvalue weighted by atomic mass is 14.2. The summed E-state index contributed by atoms with van der Waals surface area (Å²) in [5.41, 5.74) is 5.59. The van der Waals surface area contributed by atoms with Crippen molar-refractivity contribution in [3.63, 3.8) is 0 Å². The molecule has 0 saturated carbocycles. The summed E-state index contributed by atoms with van der Waals surface area (Å²) in [7, 11) is 0. The van der Waals surface area contributed by atoms with Crippen LogP contribution < -0.4 is 0 Å². The van der Waals surface area contributed by atoms with E-state index in [-0.39, 0.29) is 0 Å². The molecule has 0 nitrogen and oxygen atoms in total. The molecule has 1 aliphatic carbocycles. The van der Waals surface area contributed by atoms with Crippen molar-refractivity contribution in [3.05, 3.63) is 71.3 Å². The fourth-order valence-electron chi connectivity index (χ4n) is 2.46. The average Bonchev–Trinajstić information content (AvgIpc) is 2.80. The molecule has 0 aromatic heterocycles. The van der Waals surface area contributed by atoms with Crippen molar-refractivity contribution in [1.29, 1.82) is 0 Å². The molecule has 1 atom stereocenters. The van der Waals surface area contributed by atoms with Crippen molar-refractivity contribution >= 4 is 11.6 Å². The van der Waals surface area contributed by atoms with E-state index in [1.54, 1.807) is 0 Å². The van der Waals surface area contributed by atoms with Crippen LogP contribution in [-0.4, -0.2) is 0 Å². The second kappa shape index (κ2) is 5.68. The smallest absolute Gasteiger partial charge is 0.00730 e. The monoisotopic (exact) mass is 236 g/mol. The Bertz CT molecular complexity index is 535. The molecular formula is C18H20. The normalized spacial score (nSPS) is 16.4. The van der Waals surface area contributed by atoms with Crippen LogP contribution in [0.1, 0.15) is 43.4 Å². The van der Waals surface area contributed by atoms with E-state index in [1.165, 1.54) is 22.3 Å². The predicted octanol–water partition coefficient (Wildman–Crippen LogP) is 5.37. The van der Waals surface area contributed by atoms with Crippen molar-refractivity contribution in [3.8, 4) is 0 Å². The van der Waals surface area contributed by atoms with Crippen LogP contribution in [0.3, 0.4) is 0 Å². The zero-order valence-corrected chi connectivity index (χ0v) is 11.4. The zero-order valence-electron chi connectivity index (χ0n) is 11.4. The minimum Gasteiger partial charge on any atom is -0.0683 e. The van der Waals surface area contributed by atoms with Gasteiger partial charge >= 0.3 is 0 Å². The second-order valence-corrected chi connectivity index (χ2v) is 4.32. The highest BCUT2D eigenvalue weighted by Crippen LogP contribution is 2.41. The number of allylic oxidation sites excluding steroid dienone is 1. The molecule has 0 saturated heterocycles. The van der Waals surface area contributed by atoms with Crippen molar-refractivity contribution in [2.24, 2.45) is 0 Å². The van der Waals surface area contributed by atoms with Gasteiger partial charge in [-0.1, -0.05) is 81.4 Å². The molecule has 0 spiro atoms. The van der Waals surface area contributed by atoms with Gasteiger partial charge in [0, 0.05) is 5.92 Å². The van der Waals surface area contributed by atoms with Crippen molar-refractivity contribution in [2.75, 3.05) is 0 Å². The lowest BCUT2D eigenvalue weighted by Gasteiger charge is -2.11. The molecule has 2 aromatic carbocycles. The Labute approximate surface area is 110 Å². The molecule has 0 radical (unpaired) electrons. The molecule has 0 fully saturated rings. The number of hydrogen-bond acceptors (Lipinski definition) is 0. The quantitative estimate of drug-likeness (QED) is 0.624. The minimum atomic E-state index is 0.513. The Kier molecular flexibility index (Phi) is 3.99. The maximum absolute atomic E-state index is 2.31. The van der Waals surface area contributed by atoms with Gasteiger partial charge in [0.2, 0.25) is 0 Å². The summed E-state index contributed by atoms with van der Waals surface area (Å²) in [6.45, 7) is 6.28. The van der Waals surface area contributed by atoms with E-state index in [2.05, 4.69) is 67.6 Å². The molecule has 18 heavy (non-hydrogen) atoms. The zero-order chi connectivity index (χ0) is 13.0. The number of benzene rings is 2. The molecule has 0 bridgehead atoms. The van der Waals surface area contributed by atoms with Gasteiger partial charge < -0.3 is 0 Å². The standard InChI is InChI=1S/C16H14.C2H6/c1-12-15-10-6-5-9-14(15)11-16(12)13-7-3-2-4-8-13;1-2/h2-12H,1H3;1-2H3. The van der Waals surface area contributed by atoms with Gasteiger partial charge in [-0.15, -0.1) is 0 Å². The summed E-state index contributed by atoms with van der Waals surface area (Å²) in [4.78, 5) is 0. The van der Waals surface area contributed by atoms with E-state index in [1.807, 2.05) is 13.8 Å². The van der Waals surface area contributed by atoms with Gasteiger partial charge in [0.05, 0.1) is 0 Å².